The first-order chi connectivity index (χ1) is 8.89. The molecule has 1 fully saturated rings. The van der Waals surface area contributed by atoms with Crippen LogP contribution < -0.4 is 5.73 Å². The number of hydrogen-bond donors (Lipinski definition) is 2. The summed E-state index contributed by atoms with van der Waals surface area (Å²) in [5.74, 6) is -0.336. The van der Waals surface area contributed by atoms with Crippen molar-refractivity contribution < 1.29 is 14.6 Å². The zero-order valence-electron chi connectivity index (χ0n) is 11.3. The summed E-state index contributed by atoms with van der Waals surface area (Å²) >= 11 is 0. The zero-order chi connectivity index (χ0) is 14.0. The van der Waals surface area contributed by atoms with Crippen LogP contribution in [0.1, 0.15) is 48.5 Å². The van der Waals surface area contributed by atoms with E-state index in [2.05, 4.69) is 4.98 Å². The SMILES string of the molecule is CC(C)(O)[C@@H]1CC[C@H](c2ccncc2C(N)=O)CO1. The molecule has 1 aromatic rings. The third kappa shape index (κ3) is 3.11. The normalized spacial score (nSPS) is 24.2. The maximum absolute atomic E-state index is 11.4. The molecule has 1 aliphatic heterocycles. The maximum Gasteiger partial charge on any atom is 0.250 e. The van der Waals surface area contributed by atoms with Crippen LogP contribution in [0.2, 0.25) is 0 Å². The molecule has 0 bridgehead atoms. The molecule has 0 aliphatic carbocycles. The smallest absolute Gasteiger partial charge is 0.250 e. The number of ether oxygens (including phenoxy) is 1. The standard InChI is InChI=1S/C14H20N2O3/c1-14(2,18)12-4-3-9(8-19-12)10-5-6-16-7-11(10)13(15)17/h5-7,9,12,18H,3-4,8H2,1-2H3,(H2,15,17)/t9-,12-/m0/s1. The molecule has 104 valence electrons. The van der Waals surface area contributed by atoms with Gasteiger partial charge in [-0.05, 0) is 38.3 Å². The van der Waals surface area contributed by atoms with Crippen LogP contribution in [0.25, 0.3) is 0 Å². The fourth-order valence-electron chi connectivity index (χ4n) is 2.52. The van der Waals surface area contributed by atoms with Gasteiger partial charge >= 0.3 is 0 Å². The first-order valence-electron chi connectivity index (χ1n) is 6.47. The van der Waals surface area contributed by atoms with Crippen LogP contribution in [0.4, 0.5) is 0 Å². The Morgan fingerprint density at radius 1 is 1.53 bits per heavy atom. The van der Waals surface area contributed by atoms with E-state index < -0.39 is 11.5 Å². The molecule has 1 amide bonds. The monoisotopic (exact) mass is 264 g/mol. The van der Waals surface area contributed by atoms with Crippen molar-refractivity contribution in [3.05, 3.63) is 29.6 Å². The van der Waals surface area contributed by atoms with Gasteiger partial charge in [-0.15, -0.1) is 0 Å². The molecule has 5 nitrogen and oxygen atoms in total. The number of rotatable bonds is 3. The lowest BCUT2D eigenvalue weighted by Gasteiger charge is -2.36. The molecule has 19 heavy (non-hydrogen) atoms. The Balaban J connectivity index is 2.12. The van der Waals surface area contributed by atoms with Gasteiger partial charge in [0.05, 0.1) is 23.9 Å². The molecule has 1 aliphatic rings. The molecule has 0 spiro atoms. The largest absolute Gasteiger partial charge is 0.388 e. The zero-order valence-corrected chi connectivity index (χ0v) is 11.3. The lowest BCUT2D eigenvalue weighted by molar-refractivity contribution is -0.113. The van der Waals surface area contributed by atoms with Crippen molar-refractivity contribution in [2.75, 3.05) is 6.61 Å². The summed E-state index contributed by atoms with van der Waals surface area (Å²) in [6.45, 7) is 3.98. The summed E-state index contributed by atoms with van der Waals surface area (Å²) < 4.78 is 5.72. The van der Waals surface area contributed by atoms with E-state index in [9.17, 15) is 9.90 Å². The highest BCUT2D eigenvalue weighted by Gasteiger charge is 2.33. The Bertz CT molecular complexity index is 460. The summed E-state index contributed by atoms with van der Waals surface area (Å²) in [5, 5.41) is 9.93. The third-order valence-corrected chi connectivity index (χ3v) is 3.62. The topological polar surface area (TPSA) is 85.4 Å². The average molecular weight is 264 g/mol. The predicted molar refractivity (Wildman–Crippen MR) is 70.8 cm³/mol. The van der Waals surface area contributed by atoms with Crippen molar-refractivity contribution in [1.82, 2.24) is 4.98 Å². The molecule has 3 N–H and O–H groups in total. The number of carbonyl (C=O) groups is 1. The highest BCUT2D eigenvalue weighted by atomic mass is 16.5. The van der Waals surface area contributed by atoms with Crippen molar-refractivity contribution in [3.8, 4) is 0 Å². The molecule has 0 saturated carbocycles. The fraction of sp³-hybridized carbons (Fsp3) is 0.571. The van der Waals surface area contributed by atoms with Crippen LogP contribution in [0.5, 0.6) is 0 Å². The number of nitrogens with two attached hydrogens (primary N) is 1. The summed E-state index contributed by atoms with van der Waals surface area (Å²) in [5.41, 5.74) is 5.86. The highest BCUT2D eigenvalue weighted by molar-refractivity contribution is 5.94. The van der Waals surface area contributed by atoms with E-state index >= 15 is 0 Å². The van der Waals surface area contributed by atoms with E-state index in [0.29, 0.717) is 12.2 Å². The number of amides is 1. The van der Waals surface area contributed by atoms with Crippen LogP contribution in [-0.2, 0) is 4.74 Å². The highest BCUT2D eigenvalue weighted by Crippen LogP contribution is 2.33. The van der Waals surface area contributed by atoms with E-state index in [1.165, 1.54) is 6.20 Å². The predicted octanol–water partition coefficient (Wildman–Crippen LogP) is 1.21. The minimum Gasteiger partial charge on any atom is -0.388 e. The van der Waals surface area contributed by atoms with Crippen LogP contribution in [0.3, 0.4) is 0 Å². The molecule has 1 aromatic heterocycles. The van der Waals surface area contributed by atoms with Crippen molar-refractivity contribution in [1.29, 1.82) is 0 Å². The van der Waals surface area contributed by atoms with Gasteiger partial charge in [-0.1, -0.05) is 0 Å². The molecular formula is C14H20N2O3. The third-order valence-electron chi connectivity index (χ3n) is 3.62. The molecule has 2 heterocycles. The minimum absolute atomic E-state index is 0.129. The first-order valence-corrected chi connectivity index (χ1v) is 6.47. The Labute approximate surface area is 112 Å². The van der Waals surface area contributed by atoms with Crippen LogP contribution in [-0.4, -0.2) is 34.3 Å². The van der Waals surface area contributed by atoms with Crippen LogP contribution in [0.15, 0.2) is 18.5 Å². The van der Waals surface area contributed by atoms with Gasteiger partial charge in [0.1, 0.15) is 0 Å². The molecule has 0 aromatic carbocycles. The second-order valence-corrected chi connectivity index (χ2v) is 5.58. The number of carbonyl (C=O) groups excluding carboxylic acids is 1. The van der Waals surface area contributed by atoms with Crippen LogP contribution >= 0.6 is 0 Å². The molecule has 2 rings (SSSR count). The number of aromatic nitrogens is 1. The van der Waals surface area contributed by atoms with Crippen molar-refractivity contribution in [2.45, 2.75) is 44.3 Å². The van der Waals surface area contributed by atoms with Gasteiger partial charge in [0, 0.05) is 18.3 Å². The fourth-order valence-corrected chi connectivity index (χ4v) is 2.52. The maximum atomic E-state index is 11.4. The number of primary amides is 1. The first kappa shape index (κ1) is 14.0. The quantitative estimate of drug-likeness (QED) is 0.859. The van der Waals surface area contributed by atoms with Gasteiger partial charge in [-0.3, -0.25) is 9.78 Å². The van der Waals surface area contributed by atoms with Gasteiger partial charge in [0.15, 0.2) is 0 Å². The van der Waals surface area contributed by atoms with E-state index in [-0.39, 0.29) is 12.0 Å². The number of hydrogen-bond acceptors (Lipinski definition) is 4. The molecule has 2 atom stereocenters. The summed E-state index contributed by atoms with van der Waals surface area (Å²) in [4.78, 5) is 15.3. The van der Waals surface area contributed by atoms with E-state index in [1.54, 1.807) is 20.0 Å². The van der Waals surface area contributed by atoms with Gasteiger partial charge in [0.25, 0.3) is 5.91 Å². The van der Waals surface area contributed by atoms with Gasteiger partial charge in [-0.25, -0.2) is 0 Å². The minimum atomic E-state index is -0.838. The summed E-state index contributed by atoms with van der Waals surface area (Å²) in [6.07, 6.45) is 4.61. The Kier molecular flexibility index (Phi) is 3.87. The number of aliphatic hydroxyl groups is 1. The van der Waals surface area contributed by atoms with E-state index in [4.69, 9.17) is 10.5 Å². The lowest BCUT2D eigenvalue weighted by atomic mass is 9.85. The van der Waals surface area contributed by atoms with E-state index in [0.717, 1.165) is 18.4 Å². The summed E-state index contributed by atoms with van der Waals surface area (Å²) in [7, 11) is 0. The van der Waals surface area contributed by atoms with Crippen molar-refractivity contribution in [2.24, 2.45) is 5.73 Å². The van der Waals surface area contributed by atoms with E-state index in [1.807, 2.05) is 6.07 Å². The van der Waals surface area contributed by atoms with Crippen LogP contribution in [0, 0.1) is 0 Å². The van der Waals surface area contributed by atoms with Gasteiger partial charge < -0.3 is 15.6 Å². The number of pyridine rings is 1. The van der Waals surface area contributed by atoms with Gasteiger partial charge in [-0.2, -0.15) is 0 Å². The molecule has 0 radical (unpaired) electrons. The Morgan fingerprint density at radius 3 is 2.79 bits per heavy atom. The van der Waals surface area contributed by atoms with Gasteiger partial charge in [0.2, 0.25) is 0 Å². The second kappa shape index (κ2) is 5.27. The summed E-state index contributed by atoms with van der Waals surface area (Å²) in [6, 6.07) is 1.82. The number of nitrogens with zero attached hydrogens (tertiary/aromatic N) is 1. The van der Waals surface area contributed by atoms with Crippen molar-refractivity contribution >= 4 is 5.91 Å². The van der Waals surface area contributed by atoms with Crippen molar-refractivity contribution in [3.63, 3.8) is 0 Å². The lowest BCUT2D eigenvalue weighted by Crippen LogP contribution is -2.42. The molecule has 0 unspecified atom stereocenters. The Morgan fingerprint density at radius 2 is 2.26 bits per heavy atom. The molecular weight excluding hydrogens is 244 g/mol. The Hall–Kier alpha value is -1.46. The molecule has 1 saturated heterocycles. The average Bonchev–Trinajstić information content (AvgIpc) is 2.38. The molecule has 5 heteroatoms. The second-order valence-electron chi connectivity index (χ2n) is 5.58.